The molecule has 1 N–H and O–H groups in total. The van der Waals surface area contributed by atoms with Crippen molar-refractivity contribution < 1.29 is 5.11 Å². The van der Waals surface area contributed by atoms with Gasteiger partial charge in [-0.05, 0) is 19.8 Å². The Labute approximate surface area is 141 Å². The molecule has 2 aliphatic rings. The van der Waals surface area contributed by atoms with Crippen LogP contribution in [0, 0.1) is 6.92 Å². The van der Waals surface area contributed by atoms with Crippen LogP contribution in [-0.4, -0.2) is 57.3 Å². The second-order valence-corrected chi connectivity index (χ2v) is 6.56. The van der Waals surface area contributed by atoms with Gasteiger partial charge in [-0.3, -0.25) is 4.98 Å². The number of aliphatic hydroxyl groups is 1. The van der Waals surface area contributed by atoms with E-state index >= 15 is 0 Å². The second-order valence-electron chi connectivity index (χ2n) is 6.56. The van der Waals surface area contributed by atoms with Crippen LogP contribution in [0.15, 0.2) is 24.7 Å². The minimum absolute atomic E-state index is 0.163. The molecular weight excluding hydrogens is 304 g/mol. The van der Waals surface area contributed by atoms with Crippen LogP contribution in [0.4, 0.5) is 11.6 Å². The maximum atomic E-state index is 9.53. The van der Waals surface area contributed by atoms with Crippen LogP contribution in [0.1, 0.15) is 30.3 Å². The van der Waals surface area contributed by atoms with Crippen molar-refractivity contribution in [2.24, 2.45) is 0 Å². The van der Waals surface area contributed by atoms with E-state index in [9.17, 15) is 5.11 Å². The van der Waals surface area contributed by atoms with Crippen LogP contribution in [0.2, 0.25) is 0 Å². The maximum Gasteiger partial charge on any atom is 0.147 e. The first-order valence-electron chi connectivity index (χ1n) is 8.48. The Balaban J connectivity index is 1.45. The third kappa shape index (κ3) is 3.03. The summed E-state index contributed by atoms with van der Waals surface area (Å²) in [4.78, 5) is 22.3. The van der Waals surface area contributed by atoms with Gasteiger partial charge in [-0.1, -0.05) is 0 Å². The molecule has 7 nitrogen and oxygen atoms in total. The molecule has 0 radical (unpaired) electrons. The van der Waals surface area contributed by atoms with Gasteiger partial charge in [-0.25, -0.2) is 15.0 Å². The smallest absolute Gasteiger partial charge is 0.147 e. The van der Waals surface area contributed by atoms with Crippen LogP contribution in [0.25, 0.3) is 0 Å². The molecular formula is C17H22N6O. The third-order valence-corrected chi connectivity index (χ3v) is 4.85. The van der Waals surface area contributed by atoms with Crippen molar-refractivity contribution in [3.05, 3.63) is 36.2 Å². The largest absolute Gasteiger partial charge is 0.393 e. The Morgan fingerprint density at radius 1 is 1.00 bits per heavy atom. The highest BCUT2D eigenvalue weighted by Crippen LogP contribution is 2.36. The summed E-state index contributed by atoms with van der Waals surface area (Å²) in [6, 6.07) is 2.10. The van der Waals surface area contributed by atoms with E-state index in [4.69, 9.17) is 0 Å². The van der Waals surface area contributed by atoms with Gasteiger partial charge in [0.05, 0.1) is 12.3 Å². The molecule has 2 aromatic rings. The molecule has 0 atom stereocenters. The summed E-state index contributed by atoms with van der Waals surface area (Å²) < 4.78 is 0. The molecule has 0 unspecified atom stereocenters. The average molecular weight is 326 g/mol. The molecule has 0 aromatic carbocycles. The van der Waals surface area contributed by atoms with Gasteiger partial charge in [0.25, 0.3) is 0 Å². The van der Waals surface area contributed by atoms with Crippen LogP contribution in [0.3, 0.4) is 0 Å². The van der Waals surface area contributed by atoms with Crippen LogP contribution < -0.4 is 9.80 Å². The highest BCUT2D eigenvalue weighted by Gasteiger charge is 2.30. The molecule has 0 bridgehead atoms. The topological polar surface area (TPSA) is 78.3 Å². The van der Waals surface area contributed by atoms with Crippen molar-refractivity contribution in [1.29, 1.82) is 0 Å². The van der Waals surface area contributed by atoms with E-state index in [1.165, 1.54) is 0 Å². The zero-order valence-electron chi connectivity index (χ0n) is 13.8. The summed E-state index contributed by atoms with van der Waals surface area (Å²) in [6.07, 6.45) is 6.71. The van der Waals surface area contributed by atoms with E-state index in [0.29, 0.717) is 5.92 Å². The van der Waals surface area contributed by atoms with Crippen molar-refractivity contribution >= 4 is 11.6 Å². The number of aromatic nitrogens is 4. The van der Waals surface area contributed by atoms with E-state index in [0.717, 1.165) is 62.2 Å². The molecule has 2 fully saturated rings. The SMILES string of the molecule is Cc1nc(C2CC(O)C2)cc(N2CCN(c3cnccn3)CC2)n1. The lowest BCUT2D eigenvalue weighted by atomic mass is 9.80. The molecule has 4 rings (SSSR count). The molecule has 1 aliphatic carbocycles. The predicted molar refractivity (Wildman–Crippen MR) is 91.2 cm³/mol. The van der Waals surface area contributed by atoms with Crippen LogP contribution in [0.5, 0.6) is 0 Å². The molecule has 1 aliphatic heterocycles. The molecule has 0 amide bonds. The highest BCUT2D eigenvalue weighted by atomic mass is 16.3. The van der Waals surface area contributed by atoms with Gasteiger partial charge in [0, 0.05) is 56.3 Å². The van der Waals surface area contributed by atoms with E-state index in [2.05, 4.69) is 35.8 Å². The fraction of sp³-hybridized carbons (Fsp3) is 0.529. The van der Waals surface area contributed by atoms with Gasteiger partial charge >= 0.3 is 0 Å². The van der Waals surface area contributed by atoms with Crippen molar-refractivity contribution in [2.45, 2.75) is 31.8 Å². The minimum atomic E-state index is -0.163. The van der Waals surface area contributed by atoms with Crippen molar-refractivity contribution in [3.63, 3.8) is 0 Å². The van der Waals surface area contributed by atoms with Crippen LogP contribution >= 0.6 is 0 Å². The van der Waals surface area contributed by atoms with Crippen LogP contribution in [-0.2, 0) is 0 Å². The maximum absolute atomic E-state index is 9.53. The monoisotopic (exact) mass is 326 g/mol. The number of nitrogens with zero attached hydrogens (tertiary/aromatic N) is 6. The summed E-state index contributed by atoms with van der Waals surface area (Å²) in [5, 5.41) is 9.53. The van der Waals surface area contributed by atoms with E-state index in [1.807, 2.05) is 13.1 Å². The zero-order valence-corrected chi connectivity index (χ0v) is 13.8. The molecule has 1 saturated carbocycles. The summed E-state index contributed by atoms with van der Waals surface area (Å²) in [5.74, 6) is 3.11. The lowest BCUT2D eigenvalue weighted by molar-refractivity contribution is 0.0731. The fourth-order valence-electron chi connectivity index (χ4n) is 3.39. The molecule has 1 saturated heterocycles. The van der Waals surface area contributed by atoms with Gasteiger partial charge in [0.15, 0.2) is 0 Å². The van der Waals surface area contributed by atoms with Gasteiger partial charge < -0.3 is 14.9 Å². The Bertz CT molecular complexity index is 695. The number of aliphatic hydroxyl groups excluding tert-OH is 1. The van der Waals surface area contributed by atoms with Gasteiger partial charge in [0.2, 0.25) is 0 Å². The molecule has 2 aromatic heterocycles. The van der Waals surface area contributed by atoms with Gasteiger partial charge in [0.1, 0.15) is 17.5 Å². The van der Waals surface area contributed by atoms with Crippen molar-refractivity contribution in [2.75, 3.05) is 36.0 Å². The average Bonchev–Trinajstić information content (AvgIpc) is 2.59. The number of rotatable bonds is 3. The molecule has 24 heavy (non-hydrogen) atoms. The molecule has 126 valence electrons. The normalized spacial score (nSPS) is 23.9. The Kier molecular flexibility index (Phi) is 4.02. The van der Waals surface area contributed by atoms with Crippen molar-refractivity contribution in [1.82, 2.24) is 19.9 Å². The van der Waals surface area contributed by atoms with Gasteiger partial charge in [-0.15, -0.1) is 0 Å². The third-order valence-electron chi connectivity index (χ3n) is 4.85. The molecule has 7 heteroatoms. The fourth-order valence-corrected chi connectivity index (χ4v) is 3.39. The number of hydrogen-bond donors (Lipinski definition) is 1. The zero-order chi connectivity index (χ0) is 16.5. The Morgan fingerprint density at radius 3 is 2.33 bits per heavy atom. The van der Waals surface area contributed by atoms with E-state index in [-0.39, 0.29) is 6.10 Å². The predicted octanol–water partition coefficient (Wildman–Crippen LogP) is 1.14. The first-order valence-corrected chi connectivity index (χ1v) is 8.48. The number of aryl methyl sites for hydroxylation is 1. The lowest BCUT2D eigenvalue weighted by Crippen LogP contribution is -2.47. The molecule has 3 heterocycles. The standard InChI is InChI=1S/C17H22N6O/c1-12-20-15(13-8-14(24)9-13)10-16(21-12)22-4-6-23(7-5-22)17-11-18-2-3-19-17/h2-3,10-11,13-14,24H,4-9H2,1H3. The quantitative estimate of drug-likeness (QED) is 0.906. The first-order chi connectivity index (χ1) is 11.7. The van der Waals surface area contributed by atoms with E-state index in [1.54, 1.807) is 12.4 Å². The summed E-state index contributed by atoms with van der Waals surface area (Å²) in [7, 11) is 0. The lowest BCUT2D eigenvalue weighted by Gasteiger charge is -2.36. The summed E-state index contributed by atoms with van der Waals surface area (Å²) in [6.45, 7) is 5.55. The van der Waals surface area contributed by atoms with Crippen molar-refractivity contribution in [3.8, 4) is 0 Å². The Hall–Kier alpha value is -2.28. The number of piperazine rings is 1. The summed E-state index contributed by atoms with van der Waals surface area (Å²) >= 11 is 0. The second kappa shape index (κ2) is 6.32. The summed E-state index contributed by atoms with van der Waals surface area (Å²) in [5.41, 5.74) is 1.07. The molecule has 0 spiro atoms. The first kappa shape index (κ1) is 15.3. The van der Waals surface area contributed by atoms with Gasteiger partial charge in [-0.2, -0.15) is 0 Å². The highest BCUT2D eigenvalue weighted by molar-refractivity contribution is 5.45. The Morgan fingerprint density at radius 2 is 1.71 bits per heavy atom. The minimum Gasteiger partial charge on any atom is -0.393 e. The number of hydrogen-bond acceptors (Lipinski definition) is 7. The number of anilines is 2. The van der Waals surface area contributed by atoms with E-state index < -0.39 is 0 Å².